The van der Waals surface area contributed by atoms with E-state index in [0.717, 1.165) is 11.3 Å². The zero-order chi connectivity index (χ0) is 14.4. The smallest absolute Gasteiger partial charge is 0.228 e. The van der Waals surface area contributed by atoms with Gasteiger partial charge in [-0.25, -0.2) is 0 Å². The number of nitrogens with zero attached hydrogens (tertiary/aromatic N) is 1. The first kappa shape index (κ1) is 14.3. The number of hydrogen-bond donors (Lipinski definition) is 2. The van der Waals surface area contributed by atoms with Gasteiger partial charge in [0, 0.05) is 25.5 Å². The number of rotatable bonds is 6. The number of aliphatic hydroxyl groups is 1. The number of aromatic amines is 1. The number of aromatic nitrogens is 1. The fraction of sp³-hybridized carbons (Fsp3) is 0.312. The highest BCUT2D eigenvalue weighted by Crippen LogP contribution is 2.23. The van der Waals surface area contributed by atoms with Crippen LogP contribution in [0.5, 0.6) is 0 Å². The van der Waals surface area contributed by atoms with E-state index in [4.69, 9.17) is 0 Å². The second-order valence-corrected chi connectivity index (χ2v) is 4.82. The Kier molecular flexibility index (Phi) is 4.96. The molecule has 0 fully saturated rings. The monoisotopic (exact) mass is 272 g/mol. The van der Waals surface area contributed by atoms with Gasteiger partial charge >= 0.3 is 0 Å². The van der Waals surface area contributed by atoms with Gasteiger partial charge in [-0.2, -0.15) is 0 Å². The molecule has 2 rings (SSSR count). The summed E-state index contributed by atoms with van der Waals surface area (Å²) in [6.45, 7) is 0.0552. The first-order chi connectivity index (χ1) is 9.72. The van der Waals surface area contributed by atoms with E-state index in [0.29, 0.717) is 12.8 Å². The van der Waals surface area contributed by atoms with Crippen LogP contribution in [0.4, 0.5) is 0 Å². The van der Waals surface area contributed by atoms with Crippen molar-refractivity contribution in [2.24, 2.45) is 0 Å². The van der Waals surface area contributed by atoms with E-state index in [-0.39, 0.29) is 18.6 Å². The molecule has 4 heteroatoms. The summed E-state index contributed by atoms with van der Waals surface area (Å²) in [5.41, 5.74) is 1.95. The Labute approximate surface area is 119 Å². The summed E-state index contributed by atoms with van der Waals surface area (Å²) in [4.78, 5) is 17.1. The summed E-state index contributed by atoms with van der Waals surface area (Å²) in [6.07, 6.45) is 2.69. The van der Waals surface area contributed by atoms with Crippen molar-refractivity contribution < 1.29 is 9.90 Å². The maximum absolute atomic E-state index is 12.3. The molecule has 2 N–H and O–H groups in total. The molecule has 106 valence electrons. The summed E-state index contributed by atoms with van der Waals surface area (Å²) in [6, 6.07) is 13.5. The second kappa shape index (κ2) is 6.91. The lowest BCUT2D eigenvalue weighted by Gasteiger charge is -2.28. The van der Waals surface area contributed by atoms with Crippen LogP contribution in [-0.4, -0.2) is 34.6 Å². The fourth-order valence-electron chi connectivity index (χ4n) is 2.32. The predicted molar refractivity (Wildman–Crippen MR) is 78.2 cm³/mol. The molecule has 0 bridgehead atoms. The number of amides is 1. The van der Waals surface area contributed by atoms with Gasteiger partial charge in [-0.15, -0.1) is 0 Å². The number of carbonyl (C=O) groups is 1. The number of benzene rings is 1. The first-order valence-electron chi connectivity index (χ1n) is 6.76. The molecule has 0 spiro atoms. The topological polar surface area (TPSA) is 56.3 Å². The third-order valence-corrected chi connectivity index (χ3v) is 3.45. The molecule has 1 heterocycles. The van der Waals surface area contributed by atoms with E-state index in [2.05, 4.69) is 4.98 Å². The minimum Gasteiger partial charge on any atom is -0.396 e. The van der Waals surface area contributed by atoms with Crippen molar-refractivity contribution in [3.8, 4) is 0 Å². The molecule has 1 aromatic heterocycles. The van der Waals surface area contributed by atoms with Gasteiger partial charge in [-0.05, 0) is 24.1 Å². The summed E-state index contributed by atoms with van der Waals surface area (Å²) in [5.74, 6) is 0.0368. The average Bonchev–Trinajstić information content (AvgIpc) is 2.98. The van der Waals surface area contributed by atoms with Crippen LogP contribution in [0, 0.1) is 0 Å². The van der Waals surface area contributed by atoms with Crippen LogP contribution in [0.3, 0.4) is 0 Å². The van der Waals surface area contributed by atoms with Gasteiger partial charge < -0.3 is 15.0 Å². The maximum atomic E-state index is 12.3. The molecule has 1 aromatic carbocycles. The predicted octanol–water partition coefficient (Wildman–Crippen LogP) is 2.14. The van der Waals surface area contributed by atoms with Gasteiger partial charge in [0.1, 0.15) is 0 Å². The molecule has 4 nitrogen and oxygen atoms in total. The van der Waals surface area contributed by atoms with Crippen LogP contribution in [0.1, 0.15) is 23.7 Å². The van der Waals surface area contributed by atoms with Gasteiger partial charge in [0.2, 0.25) is 5.91 Å². The Morgan fingerprint density at radius 3 is 2.60 bits per heavy atom. The highest BCUT2D eigenvalue weighted by molar-refractivity contribution is 5.78. The maximum Gasteiger partial charge on any atom is 0.228 e. The number of hydrogen-bond acceptors (Lipinski definition) is 2. The third kappa shape index (κ3) is 3.48. The minimum atomic E-state index is -0.0938. The van der Waals surface area contributed by atoms with Gasteiger partial charge in [0.25, 0.3) is 0 Å². The molecule has 0 radical (unpaired) electrons. The lowest BCUT2D eigenvalue weighted by atomic mass is 10.0. The Morgan fingerprint density at radius 2 is 2.00 bits per heavy atom. The standard InChI is InChI=1S/C16H20N2O2/c1-18(16(20)12-14-8-5-10-17-14)15(9-11-19)13-6-3-2-4-7-13/h2-8,10,15,17,19H,9,11-12H2,1H3. The lowest BCUT2D eigenvalue weighted by Crippen LogP contribution is -2.33. The van der Waals surface area contributed by atoms with Crippen LogP contribution in [0.2, 0.25) is 0 Å². The highest BCUT2D eigenvalue weighted by atomic mass is 16.3. The largest absolute Gasteiger partial charge is 0.396 e. The minimum absolute atomic E-state index is 0.0368. The van der Waals surface area contributed by atoms with Gasteiger partial charge in [0.05, 0.1) is 12.5 Å². The van der Waals surface area contributed by atoms with Crippen LogP contribution in [-0.2, 0) is 11.2 Å². The zero-order valence-electron chi connectivity index (χ0n) is 11.6. The molecular formula is C16H20N2O2. The van der Waals surface area contributed by atoms with Gasteiger partial charge in [0.15, 0.2) is 0 Å². The molecule has 20 heavy (non-hydrogen) atoms. The van der Waals surface area contributed by atoms with Gasteiger partial charge in [-0.1, -0.05) is 30.3 Å². The van der Waals surface area contributed by atoms with Crippen LogP contribution < -0.4 is 0 Å². The Morgan fingerprint density at radius 1 is 1.25 bits per heavy atom. The summed E-state index contributed by atoms with van der Waals surface area (Å²) < 4.78 is 0. The Balaban J connectivity index is 2.10. The van der Waals surface area contributed by atoms with Crippen molar-refractivity contribution in [1.29, 1.82) is 0 Å². The van der Waals surface area contributed by atoms with Crippen molar-refractivity contribution in [1.82, 2.24) is 9.88 Å². The van der Waals surface area contributed by atoms with Gasteiger partial charge in [-0.3, -0.25) is 4.79 Å². The molecule has 1 atom stereocenters. The van der Waals surface area contributed by atoms with Crippen LogP contribution >= 0.6 is 0 Å². The normalized spacial score (nSPS) is 12.1. The zero-order valence-corrected chi connectivity index (χ0v) is 11.6. The number of likely N-dealkylation sites (N-methyl/N-ethyl adjacent to an activating group) is 1. The number of H-pyrrole nitrogens is 1. The highest BCUT2D eigenvalue weighted by Gasteiger charge is 2.21. The molecule has 0 saturated heterocycles. The van der Waals surface area contributed by atoms with E-state index in [1.54, 1.807) is 11.9 Å². The quantitative estimate of drug-likeness (QED) is 0.846. The summed E-state index contributed by atoms with van der Waals surface area (Å²) in [7, 11) is 1.79. The number of aliphatic hydroxyl groups excluding tert-OH is 1. The molecule has 0 aliphatic heterocycles. The van der Waals surface area contributed by atoms with E-state index in [1.165, 1.54) is 0 Å². The first-order valence-corrected chi connectivity index (χ1v) is 6.76. The lowest BCUT2D eigenvalue weighted by molar-refractivity contribution is -0.131. The van der Waals surface area contributed by atoms with Crippen molar-refractivity contribution in [3.63, 3.8) is 0 Å². The van der Waals surface area contributed by atoms with Crippen molar-refractivity contribution >= 4 is 5.91 Å². The summed E-state index contributed by atoms with van der Waals surface area (Å²) >= 11 is 0. The Bertz CT molecular complexity index is 523. The van der Waals surface area contributed by atoms with Crippen LogP contribution in [0.25, 0.3) is 0 Å². The SMILES string of the molecule is CN(C(=O)Cc1ccc[nH]1)C(CCO)c1ccccc1. The average molecular weight is 272 g/mol. The van der Waals surface area contributed by atoms with E-state index >= 15 is 0 Å². The molecule has 0 aliphatic carbocycles. The third-order valence-electron chi connectivity index (χ3n) is 3.45. The van der Waals surface area contributed by atoms with Crippen molar-refractivity contribution in [3.05, 3.63) is 59.9 Å². The fourth-order valence-corrected chi connectivity index (χ4v) is 2.32. The molecule has 2 aromatic rings. The second-order valence-electron chi connectivity index (χ2n) is 4.82. The van der Waals surface area contributed by atoms with E-state index < -0.39 is 0 Å². The number of nitrogens with one attached hydrogen (secondary N) is 1. The number of carbonyl (C=O) groups excluding carboxylic acids is 1. The molecule has 1 unspecified atom stereocenters. The molecule has 0 saturated carbocycles. The van der Waals surface area contributed by atoms with Crippen molar-refractivity contribution in [2.75, 3.05) is 13.7 Å². The van der Waals surface area contributed by atoms with E-state index in [9.17, 15) is 9.90 Å². The van der Waals surface area contributed by atoms with Crippen molar-refractivity contribution in [2.45, 2.75) is 18.9 Å². The van der Waals surface area contributed by atoms with E-state index in [1.807, 2.05) is 48.7 Å². The molecular weight excluding hydrogens is 252 g/mol. The Hall–Kier alpha value is -2.07. The van der Waals surface area contributed by atoms with Crippen LogP contribution in [0.15, 0.2) is 48.7 Å². The molecule has 1 amide bonds. The summed E-state index contributed by atoms with van der Waals surface area (Å²) in [5, 5.41) is 9.24. The molecule has 0 aliphatic rings.